The molecule has 0 aliphatic heterocycles. The third kappa shape index (κ3) is 2.18. The number of halogens is 2. The fraction of sp³-hybridized carbons (Fsp3) is 0.0769. The van der Waals surface area contributed by atoms with Crippen LogP contribution in [-0.2, 0) is 0 Å². The van der Waals surface area contributed by atoms with Gasteiger partial charge in [-0.1, -0.05) is 35.4 Å². The van der Waals surface area contributed by atoms with Crippen LogP contribution in [0.2, 0.25) is 5.02 Å². The van der Waals surface area contributed by atoms with Gasteiger partial charge in [0.05, 0.1) is 0 Å². The molecule has 0 aliphatic rings. The van der Waals surface area contributed by atoms with Crippen LogP contribution in [0.25, 0.3) is 11.1 Å². The molecule has 0 bridgehead atoms. The van der Waals surface area contributed by atoms with Crippen LogP contribution in [0.5, 0.6) is 0 Å². The predicted molar refractivity (Wildman–Crippen MR) is 61.6 cm³/mol. The lowest BCUT2D eigenvalue weighted by Crippen LogP contribution is -1.83. The number of hydrogen-bond donors (Lipinski definition) is 0. The molecule has 0 unspecified atom stereocenters. The lowest BCUT2D eigenvalue weighted by Gasteiger charge is -2.05. The third-order valence-electron chi connectivity index (χ3n) is 2.26. The molecular weight excluding hydrogens is 211 g/mol. The van der Waals surface area contributed by atoms with Gasteiger partial charge in [0.1, 0.15) is 5.82 Å². The van der Waals surface area contributed by atoms with E-state index in [1.807, 2.05) is 31.2 Å². The predicted octanol–water partition coefficient (Wildman–Crippen LogP) is 4.45. The van der Waals surface area contributed by atoms with Gasteiger partial charge in [0.25, 0.3) is 0 Å². The minimum atomic E-state index is -0.245. The summed E-state index contributed by atoms with van der Waals surface area (Å²) in [6, 6.07) is 12.2. The van der Waals surface area contributed by atoms with Crippen molar-refractivity contribution in [3.05, 3.63) is 58.9 Å². The molecule has 2 rings (SSSR count). The van der Waals surface area contributed by atoms with Crippen LogP contribution in [0.3, 0.4) is 0 Å². The maximum Gasteiger partial charge on any atom is 0.123 e. The highest BCUT2D eigenvalue weighted by atomic mass is 35.5. The minimum Gasteiger partial charge on any atom is -0.207 e. The molecule has 0 amide bonds. The molecule has 0 saturated heterocycles. The zero-order valence-electron chi connectivity index (χ0n) is 8.30. The van der Waals surface area contributed by atoms with E-state index in [1.165, 1.54) is 12.1 Å². The topological polar surface area (TPSA) is 0 Å². The summed E-state index contributed by atoms with van der Waals surface area (Å²) < 4.78 is 13.0. The molecule has 0 radical (unpaired) electrons. The SMILES string of the molecule is Cc1ccc(Cl)c(-c2cccc(F)c2)c1. The highest BCUT2D eigenvalue weighted by Crippen LogP contribution is 2.28. The monoisotopic (exact) mass is 220 g/mol. The van der Waals surface area contributed by atoms with Gasteiger partial charge in [-0.3, -0.25) is 0 Å². The Labute approximate surface area is 93.3 Å². The summed E-state index contributed by atoms with van der Waals surface area (Å²) in [4.78, 5) is 0. The van der Waals surface area contributed by atoms with E-state index in [9.17, 15) is 4.39 Å². The molecule has 0 aromatic heterocycles. The van der Waals surface area contributed by atoms with Gasteiger partial charge < -0.3 is 0 Å². The van der Waals surface area contributed by atoms with E-state index in [1.54, 1.807) is 6.07 Å². The molecule has 2 aromatic rings. The van der Waals surface area contributed by atoms with Crippen molar-refractivity contribution in [2.75, 3.05) is 0 Å². The maximum absolute atomic E-state index is 13.0. The van der Waals surface area contributed by atoms with Gasteiger partial charge in [-0.25, -0.2) is 4.39 Å². The molecule has 76 valence electrons. The van der Waals surface area contributed by atoms with Crippen LogP contribution in [0.1, 0.15) is 5.56 Å². The minimum absolute atomic E-state index is 0.245. The molecule has 0 heterocycles. The molecule has 0 fully saturated rings. The van der Waals surface area contributed by atoms with E-state index in [2.05, 4.69) is 0 Å². The first-order valence-corrected chi connectivity index (χ1v) is 5.07. The van der Waals surface area contributed by atoms with Crippen molar-refractivity contribution >= 4 is 11.6 Å². The average Bonchev–Trinajstić information content (AvgIpc) is 2.22. The summed E-state index contributed by atoms with van der Waals surface area (Å²) in [6.45, 7) is 1.99. The van der Waals surface area contributed by atoms with Crippen molar-refractivity contribution in [2.45, 2.75) is 6.92 Å². The normalized spacial score (nSPS) is 10.3. The number of hydrogen-bond acceptors (Lipinski definition) is 0. The van der Waals surface area contributed by atoms with Crippen LogP contribution < -0.4 is 0 Å². The Bertz CT molecular complexity index is 492. The zero-order chi connectivity index (χ0) is 10.8. The first-order chi connectivity index (χ1) is 7.16. The van der Waals surface area contributed by atoms with Crippen molar-refractivity contribution in [1.82, 2.24) is 0 Å². The molecule has 2 heteroatoms. The lowest BCUT2D eigenvalue weighted by molar-refractivity contribution is 0.628. The smallest absolute Gasteiger partial charge is 0.123 e. The Kier molecular flexibility index (Phi) is 2.74. The molecule has 0 spiro atoms. The Morgan fingerprint density at radius 1 is 1.07 bits per heavy atom. The summed E-state index contributed by atoms with van der Waals surface area (Å²) in [5.74, 6) is -0.245. The van der Waals surface area contributed by atoms with Crippen LogP contribution in [0.15, 0.2) is 42.5 Å². The molecule has 15 heavy (non-hydrogen) atoms. The lowest BCUT2D eigenvalue weighted by atomic mass is 10.0. The molecule has 0 atom stereocenters. The third-order valence-corrected chi connectivity index (χ3v) is 2.59. The van der Waals surface area contributed by atoms with Crippen molar-refractivity contribution < 1.29 is 4.39 Å². The van der Waals surface area contributed by atoms with Crippen LogP contribution in [0.4, 0.5) is 4.39 Å². The van der Waals surface area contributed by atoms with E-state index < -0.39 is 0 Å². The van der Waals surface area contributed by atoms with E-state index in [0.29, 0.717) is 5.02 Å². The molecule has 0 nitrogen and oxygen atoms in total. The fourth-order valence-electron chi connectivity index (χ4n) is 1.52. The first kappa shape index (κ1) is 10.2. The maximum atomic E-state index is 13.0. The highest BCUT2D eigenvalue weighted by molar-refractivity contribution is 6.33. The average molecular weight is 221 g/mol. The van der Waals surface area contributed by atoms with E-state index in [-0.39, 0.29) is 5.82 Å². The fourth-order valence-corrected chi connectivity index (χ4v) is 1.74. The number of aryl methyl sites for hydroxylation is 1. The van der Waals surface area contributed by atoms with E-state index in [0.717, 1.165) is 16.7 Å². The van der Waals surface area contributed by atoms with Gasteiger partial charge in [0, 0.05) is 10.6 Å². The second kappa shape index (κ2) is 4.03. The van der Waals surface area contributed by atoms with Crippen LogP contribution >= 0.6 is 11.6 Å². The summed E-state index contributed by atoms with van der Waals surface area (Å²) in [5.41, 5.74) is 2.79. The Balaban J connectivity index is 2.58. The summed E-state index contributed by atoms with van der Waals surface area (Å²) in [5, 5.41) is 0.645. The van der Waals surface area contributed by atoms with E-state index >= 15 is 0 Å². The standard InChI is InChI=1S/C13H10ClF/c1-9-5-6-13(14)12(7-9)10-3-2-4-11(15)8-10/h2-8H,1H3. The Morgan fingerprint density at radius 2 is 1.87 bits per heavy atom. The van der Waals surface area contributed by atoms with E-state index in [4.69, 9.17) is 11.6 Å². The van der Waals surface area contributed by atoms with Gasteiger partial charge >= 0.3 is 0 Å². The zero-order valence-corrected chi connectivity index (χ0v) is 9.05. The van der Waals surface area contributed by atoms with Crippen LogP contribution in [-0.4, -0.2) is 0 Å². The second-order valence-corrected chi connectivity index (χ2v) is 3.90. The van der Waals surface area contributed by atoms with Gasteiger partial charge in [0.15, 0.2) is 0 Å². The summed E-state index contributed by atoms with van der Waals surface area (Å²) in [7, 11) is 0. The quantitative estimate of drug-likeness (QED) is 0.666. The van der Waals surface area contributed by atoms with Crippen molar-refractivity contribution in [3.8, 4) is 11.1 Å². The molecular formula is C13H10ClF. The van der Waals surface area contributed by atoms with Crippen molar-refractivity contribution in [3.63, 3.8) is 0 Å². The largest absolute Gasteiger partial charge is 0.207 e. The number of benzene rings is 2. The van der Waals surface area contributed by atoms with Gasteiger partial charge in [-0.15, -0.1) is 0 Å². The molecule has 2 aromatic carbocycles. The molecule has 0 N–H and O–H groups in total. The van der Waals surface area contributed by atoms with Crippen molar-refractivity contribution in [2.24, 2.45) is 0 Å². The second-order valence-electron chi connectivity index (χ2n) is 3.49. The summed E-state index contributed by atoms with van der Waals surface area (Å²) in [6.07, 6.45) is 0. The Morgan fingerprint density at radius 3 is 2.60 bits per heavy atom. The summed E-state index contributed by atoms with van der Waals surface area (Å²) >= 11 is 6.06. The number of rotatable bonds is 1. The highest BCUT2D eigenvalue weighted by Gasteiger charge is 2.04. The Hall–Kier alpha value is -1.34. The molecule has 0 aliphatic carbocycles. The van der Waals surface area contributed by atoms with Gasteiger partial charge in [-0.05, 0) is 36.8 Å². The van der Waals surface area contributed by atoms with Gasteiger partial charge in [0.2, 0.25) is 0 Å². The van der Waals surface area contributed by atoms with Crippen molar-refractivity contribution in [1.29, 1.82) is 0 Å². The van der Waals surface area contributed by atoms with Gasteiger partial charge in [-0.2, -0.15) is 0 Å². The van der Waals surface area contributed by atoms with Crippen LogP contribution in [0, 0.1) is 12.7 Å². The first-order valence-electron chi connectivity index (χ1n) is 4.69. The molecule has 0 saturated carbocycles.